The van der Waals surface area contributed by atoms with Crippen LogP contribution >= 0.6 is 0 Å². The number of fused-ring (bicyclic) bond motifs is 9. The van der Waals surface area contributed by atoms with Crippen LogP contribution in [0.5, 0.6) is 0 Å². The lowest BCUT2D eigenvalue weighted by Crippen LogP contribution is -2.25. The molecule has 16 rings (SSSR count). The second-order valence-corrected chi connectivity index (χ2v) is 37.6. The average Bonchev–Trinajstić information content (AvgIpc) is 1.56. The number of ketones is 3. The molecular formula is C130H122N6O5. The van der Waals surface area contributed by atoms with Gasteiger partial charge in [-0.2, -0.15) is 31.6 Å². The highest BCUT2D eigenvalue weighted by atomic mass is 16.1. The summed E-state index contributed by atoms with van der Waals surface area (Å²) in [6.07, 6.45) is 54.5. The molecule has 11 heteroatoms. The molecule has 0 radical (unpaired) electrons. The molecule has 0 aromatic heterocycles. The Balaban J connectivity index is 0.000000209. The van der Waals surface area contributed by atoms with Crippen molar-refractivity contribution in [3.05, 3.63) is 385 Å². The van der Waals surface area contributed by atoms with Crippen LogP contribution in [0.1, 0.15) is 306 Å². The Morgan fingerprint density at radius 2 is 0.518 bits per heavy atom. The number of Topliss-reactive ketones (excluding diaryl/α,β-unsaturated/α-hetero) is 3. The molecule has 0 fully saturated rings. The van der Waals surface area contributed by atoms with Crippen LogP contribution < -0.4 is 0 Å². The van der Waals surface area contributed by atoms with E-state index < -0.39 is 0 Å². The van der Waals surface area contributed by atoms with Crippen molar-refractivity contribution in [2.75, 3.05) is 0 Å². The zero-order valence-electron chi connectivity index (χ0n) is 81.8. The average molecular weight is 1850 g/mol. The van der Waals surface area contributed by atoms with E-state index in [9.17, 15) is 45.0 Å². The predicted octanol–water partition coefficient (Wildman–Crippen LogP) is 33.3. The van der Waals surface area contributed by atoms with Gasteiger partial charge in [0.05, 0.1) is 0 Å². The molecular weight excluding hydrogens is 1730 g/mol. The lowest BCUT2D eigenvalue weighted by Gasteiger charge is -2.33. The van der Waals surface area contributed by atoms with Crippen LogP contribution in [0.3, 0.4) is 0 Å². The van der Waals surface area contributed by atoms with Crippen molar-refractivity contribution in [1.29, 1.82) is 31.6 Å². The van der Waals surface area contributed by atoms with Gasteiger partial charge in [-0.25, -0.2) is 0 Å². The molecule has 5 aliphatic carbocycles. The van der Waals surface area contributed by atoms with Crippen molar-refractivity contribution in [3.8, 4) is 103 Å². The monoisotopic (exact) mass is 1850 g/mol. The van der Waals surface area contributed by atoms with Crippen molar-refractivity contribution >= 4 is 70.9 Å². The van der Waals surface area contributed by atoms with Crippen LogP contribution in [-0.2, 0) is 20.4 Å². The molecule has 0 bridgehead atoms. The predicted molar refractivity (Wildman–Crippen MR) is 575 cm³/mol. The summed E-state index contributed by atoms with van der Waals surface area (Å²) in [7, 11) is 0. The summed E-state index contributed by atoms with van der Waals surface area (Å²) >= 11 is 0. The minimum Gasteiger partial charge on any atom is -0.299 e. The molecule has 11 nitrogen and oxygen atoms in total. The number of rotatable bonds is 40. The van der Waals surface area contributed by atoms with Crippen LogP contribution in [-0.4, -0.2) is 29.9 Å². The molecule has 11 aromatic carbocycles. The smallest absolute Gasteiger partial charge is 0.194 e. The molecule has 0 saturated heterocycles. The minimum atomic E-state index is -0.193. The number of unbranched alkanes of at least 4 members (excludes halogenated alkanes) is 20. The number of nitriles is 6. The van der Waals surface area contributed by atoms with Gasteiger partial charge < -0.3 is 0 Å². The topological polar surface area (TPSA) is 228 Å². The molecule has 141 heavy (non-hydrogen) atoms. The van der Waals surface area contributed by atoms with E-state index in [2.05, 4.69) is 198 Å². The van der Waals surface area contributed by atoms with Crippen LogP contribution in [0.4, 0.5) is 0 Å². The van der Waals surface area contributed by atoms with E-state index in [-0.39, 0.29) is 51.3 Å². The summed E-state index contributed by atoms with van der Waals surface area (Å²) in [5.41, 5.74) is 30.1. The van der Waals surface area contributed by atoms with E-state index in [0.29, 0.717) is 55.7 Å². The molecule has 0 aliphatic heterocycles. The highest BCUT2D eigenvalue weighted by Gasteiger charge is 2.45. The fourth-order valence-corrected chi connectivity index (χ4v) is 21.3. The third-order valence-corrected chi connectivity index (χ3v) is 28.6. The molecule has 0 saturated carbocycles. The standard InChI is InChI=1S/C71H62N4O2.C47H54O2.C12H6N2O/c1-3-5-7-9-11-17-41-71(42-18-12-10-8-6-4-2)65-43-53(51-33-29-49(30-34-51)21-19-27-63-67(55(45-72)46-73)59-23-13-15-25-61(59)69(63)76)37-39-57(65)58-40-38-54(44-66(58)71)52-35-31-50(32-36-52)22-20-28-64-68(56(47-74)48-75)60-24-14-16-26-62(60)70(64)77;1-3-5-7-9-11-13-31-47(32-14-12-10-8-6-4-2)45-35-41(39-23-19-37(20-24-39)17-15-33-48)27-29-43(45)44-30-28-42(36-46(44)47)40-25-21-38(22-26-40)18-16-34-49;13-6-8(7-14)11-5-12(15)10-4-2-1-3-9(10)11/h13-16,19-40,43-44H,3-12,17-18,41-42H2,1-2H3;15-30,33-36H,3-14,31-32H2,1-2H3;1-4H,5H2/b21-19+,22-20+,63-27-,64-28-;17-15+,18-16+;. The zero-order chi connectivity index (χ0) is 98.9. The number of nitrogens with zero attached hydrogens (tertiary/aromatic N) is 6. The minimum absolute atomic E-state index is 0.0223. The van der Waals surface area contributed by atoms with Gasteiger partial charge in [0, 0.05) is 56.2 Å². The number of hydrogen-bond acceptors (Lipinski definition) is 11. The number of allylic oxidation sites excluding steroid dienone is 14. The van der Waals surface area contributed by atoms with Gasteiger partial charge in [-0.05, 0) is 196 Å². The number of aldehydes is 2. The van der Waals surface area contributed by atoms with E-state index in [0.717, 1.165) is 77.2 Å². The number of carbonyl (C=O) groups excluding carboxylic acids is 5. The lowest BCUT2D eigenvalue weighted by atomic mass is 9.70. The van der Waals surface area contributed by atoms with Crippen LogP contribution in [0.15, 0.2) is 307 Å². The molecule has 0 N–H and O–H groups in total. The second-order valence-electron chi connectivity index (χ2n) is 37.6. The van der Waals surface area contributed by atoms with Crippen molar-refractivity contribution in [2.45, 2.75) is 225 Å². The second kappa shape index (κ2) is 50.1. The van der Waals surface area contributed by atoms with Gasteiger partial charge in [0.25, 0.3) is 0 Å². The van der Waals surface area contributed by atoms with Gasteiger partial charge in [-0.3, -0.25) is 24.0 Å². The van der Waals surface area contributed by atoms with Crippen molar-refractivity contribution in [2.24, 2.45) is 0 Å². The first-order valence-corrected chi connectivity index (χ1v) is 50.7. The van der Waals surface area contributed by atoms with Crippen LogP contribution in [0.25, 0.3) is 108 Å². The molecule has 0 spiro atoms. The summed E-state index contributed by atoms with van der Waals surface area (Å²) in [6.45, 7) is 9.14. The summed E-state index contributed by atoms with van der Waals surface area (Å²) in [5.74, 6) is -0.410. The largest absolute Gasteiger partial charge is 0.299 e. The molecule has 0 atom stereocenters. The van der Waals surface area contributed by atoms with Gasteiger partial charge in [-0.15, -0.1) is 0 Å². The summed E-state index contributed by atoms with van der Waals surface area (Å²) in [4.78, 5) is 60.2. The summed E-state index contributed by atoms with van der Waals surface area (Å²) in [5, 5.41) is 56.5. The third kappa shape index (κ3) is 23.5. The first-order valence-electron chi connectivity index (χ1n) is 50.7. The Morgan fingerprint density at radius 1 is 0.270 bits per heavy atom. The SMILES string of the molecule is CCCCCCCCC1(CCCCCCCC)c2cc(-c3ccc(/C=C/C=C4\C(=O)c5ccccc5C4=C(C#N)C#N)cc3)ccc2-c2ccc(-c3ccc(/C=C/C=C4\C(=O)c5ccccc5C4=C(C#N)C#N)cc3)cc21.CCCCCCCCC1(CCCCCCCC)c2cc(-c3ccc(/C=C/C=O)cc3)ccc2-c2ccc(-c3ccc(/C=C/C=O)cc3)cc21.N#CC(C#N)=C1CC(=O)c2ccccc21. The van der Waals surface area contributed by atoms with E-state index in [1.165, 1.54) is 232 Å². The molecule has 702 valence electrons. The highest BCUT2D eigenvalue weighted by Crippen LogP contribution is 2.58. The first-order chi connectivity index (χ1) is 69.2. The number of benzene rings is 11. The highest BCUT2D eigenvalue weighted by molar-refractivity contribution is 6.29. The van der Waals surface area contributed by atoms with Gasteiger partial charge in [-0.1, -0.05) is 449 Å². The Kier molecular flexibility index (Phi) is 36.0. The van der Waals surface area contributed by atoms with Gasteiger partial charge in [0.1, 0.15) is 65.7 Å². The molecule has 0 unspecified atom stereocenters. The van der Waals surface area contributed by atoms with Crippen LogP contribution in [0.2, 0.25) is 0 Å². The van der Waals surface area contributed by atoms with Crippen molar-refractivity contribution < 1.29 is 24.0 Å². The van der Waals surface area contributed by atoms with Gasteiger partial charge in [0.2, 0.25) is 0 Å². The van der Waals surface area contributed by atoms with E-state index in [1.807, 2.05) is 85.0 Å². The molecule has 0 heterocycles. The van der Waals surface area contributed by atoms with Crippen LogP contribution in [0, 0.1) is 68.0 Å². The molecule has 5 aliphatic rings. The maximum atomic E-state index is 13.4. The lowest BCUT2D eigenvalue weighted by molar-refractivity contribution is -0.104. The Labute approximate surface area is 833 Å². The fraction of sp³-hybridized carbons (Fsp3) is 0.269. The normalized spacial score (nSPS) is 14.1. The fourth-order valence-electron chi connectivity index (χ4n) is 21.3. The third-order valence-electron chi connectivity index (χ3n) is 28.6. The molecule has 11 aromatic rings. The maximum absolute atomic E-state index is 13.4. The Hall–Kier alpha value is -15.6. The Bertz CT molecular complexity index is 6610. The summed E-state index contributed by atoms with van der Waals surface area (Å²) in [6, 6.07) is 95.7. The summed E-state index contributed by atoms with van der Waals surface area (Å²) < 4.78 is 0. The number of hydrogen-bond donors (Lipinski definition) is 0. The van der Waals surface area contributed by atoms with E-state index in [1.54, 1.807) is 85.0 Å². The number of carbonyl (C=O) groups is 5. The van der Waals surface area contributed by atoms with Crippen molar-refractivity contribution in [1.82, 2.24) is 0 Å². The van der Waals surface area contributed by atoms with Gasteiger partial charge in [0.15, 0.2) is 17.3 Å². The quantitative estimate of drug-likeness (QED) is 0.0152. The Morgan fingerprint density at radius 3 is 0.794 bits per heavy atom. The molecule has 0 amide bonds. The maximum Gasteiger partial charge on any atom is 0.194 e. The first kappa shape index (κ1) is 101. The van der Waals surface area contributed by atoms with E-state index >= 15 is 0 Å². The van der Waals surface area contributed by atoms with Crippen molar-refractivity contribution in [3.63, 3.8) is 0 Å². The van der Waals surface area contributed by atoms with E-state index in [4.69, 9.17) is 10.5 Å². The van der Waals surface area contributed by atoms with Gasteiger partial charge >= 0.3 is 0 Å². The zero-order valence-corrected chi connectivity index (χ0v) is 81.8.